The molecule has 0 atom stereocenters. The molecule has 0 radical (unpaired) electrons. The molecule has 4 aromatic rings. The van der Waals surface area contributed by atoms with Crippen LogP contribution in [0.15, 0.2) is 71.8 Å². The molecular weight excluding hydrogens is 424 g/mol. The molecule has 170 valence electrons. The van der Waals surface area contributed by atoms with Gasteiger partial charge in [-0.2, -0.15) is 9.90 Å². The Labute approximate surface area is 198 Å². The van der Waals surface area contributed by atoms with E-state index in [1.54, 1.807) is 16.9 Å². The van der Waals surface area contributed by atoms with Gasteiger partial charge in [0.05, 0.1) is 12.3 Å². The van der Waals surface area contributed by atoms with Gasteiger partial charge in [-0.15, -0.1) is 10.2 Å². The largest absolute Gasteiger partial charge is 0.271 e. The van der Waals surface area contributed by atoms with Gasteiger partial charge in [0, 0.05) is 16.7 Å². The highest BCUT2D eigenvalue weighted by Crippen LogP contribution is 2.26. The van der Waals surface area contributed by atoms with Crippen molar-refractivity contribution in [3.63, 3.8) is 0 Å². The van der Waals surface area contributed by atoms with Gasteiger partial charge in [0.2, 0.25) is 5.82 Å². The van der Waals surface area contributed by atoms with Crippen molar-refractivity contribution >= 4 is 11.6 Å². The summed E-state index contributed by atoms with van der Waals surface area (Å²) in [6, 6.07) is 21.5. The average molecular weight is 451 g/mol. The fraction of sp³-hybridized carbons (Fsp3) is 0.222. The number of aryl methyl sites for hydroxylation is 2. The first-order valence-corrected chi connectivity index (χ1v) is 11.5. The van der Waals surface area contributed by atoms with Crippen molar-refractivity contribution in [3.05, 3.63) is 100 Å². The number of hydrogen-bond acceptors (Lipinski definition) is 5. The Balaban J connectivity index is 1.25. The lowest BCUT2D eigenvalue weighted by atomic mass is 9.86. The van der Waals surface area contributed by atoms with Crippen LogP contribution in [0.4, 0.5) is 0 Å². The van der Waals surface area contributed by atoms with Crippen molar-refractivity contribution in [2.45, 2.75) is 39.7 Å². The lowest BCUT2D eigenvalue weighted by Gasteiger charge is -2.20. The number of amides is 1. The van der Waals surface area contributed by atoms with E-state index in [0.717, 1.165) is 41.7 Å². The lowest BCUT2D eigenvalue weighted by Crippen LogP contribution is -2.22. The average Bonchev–Trinajstić information content (AvgIpc) is 3.32. The molecule has 5 rings (SSSR count). The van der Waals surface area contributed by atoms with E-state index in [2.05, 4.69) is 51.9 Å². The molecule has 0 saturated carbocycles. The number of nitrogens with zero attached hydrogens (tertiary/aromatic N) is 5. The number of carbonyl (C=O) groups is 1. The van der Waals surface area contributed by atoms with Crippen molar-refractivity contribution in [3.8, 4) is 11.4 Å². The van der Waals surface area contributed by atoms with Crippen molar-refractivity contribution < 1.29 is 4.79 Å². The van der Waals surface area contributed by atoms with E-state index in [9.17, 15) is 4.79 Å². The minimum Gasteiger partial charge on any atom is -0.267 e. The molecule has 1 aliphatic carbocycles. The SMILES string of the molecule is Cc1cc(C)c2c(c1)C(=NNC(=O)c1ccc(Cn3nnc(-c4ccccc4)n3)cc1)CCC2. The Hall–Kier alpha value is -4.13. The first-order chi connectivity index (χ1) is 16.6. The molecule has 1 aromatic heterocycles. The molecular formula is C27H26N6O. The zero-order chi connectivity index (χ0) is 23.5. The summed E-state index contributed by atoms with van der Waals surface area (Å²) in [5, 5.41) is 17.2. The molecule has 7 heteroatoms. The van der Waals surface area contributed by atoms with Gasteiger partial charge < -0.3 is 0 Å². The summed E-state index contributed by atoms with van der Waals surface area (Å²) in [4.78, 5) is 14.3. The first-order valence-electron chi connectivity index (χ1n) is 11.5. The number of fused-ring (bicyclic) bond motifs is 1. The first kappa shape index (κ1) is 21.7. The third kappa shape index (κ3) is 4.64. The monoisotopic (exact) mass is 450 g/mol. The highest BCUT2D eigenvalue weighted by atomic mass is 16.2. The molecule has 0 spiro atoms. The van der Waals surface area contributed by atoms with Gasteiger partial charge in [0.25, 0.3) is 5.91 Å². The zero-order valence-electron chi connectivity index (χ0n) is 19.3. The fourth-order valence-corrected chi connectivity index (χ4v) is 4.39. The van der Waals surface area contributed by atoms with E-state index in [4.69, 9.17) is 0 Å². The van der Waals surface area contributed by atoms with Crippen LogP contribution in [0.1, 0.15) is 51.0 Å². The third-order valence-corrected chi connectivity index (χ3v) is 6.09. The van der Waals surface area contributed by atoms with E-state index in [1.807, 2.05) is 42.5 Å². The molecule has 7 nitrogen and oxygen atoms in total. The van der Waals surface area contributed by atoms with Gasteiger partial charge in [-0.25, -0.2) is 5.43 Å². The maximum absolute atomic E-state index is 12.7. The predicted octanol–water partition coefficient (Wildman–Crippen LogP) is 4.48. The summed E-state index contributed by atoms with van der Waals surface area (Å²) in [6.45, 7) is 4.71. The molecule has 0 unspecified atom stereocenters. The van der Waals surface area contributed by atoms with Crippen molar-refractivity contribution in [2.75, 3.05) is 0 Å². The molecule has 1 aliphatic rings. The number of hydrogen-bond donors (Lipinski definition) is 1. The van der Waals surface area contributed by atoms with Crippen LogP contribution in [0, 0.1) is 13.8 Å². The molecule has 1 N–H and O–H groups in total. The maximum Gasteiger partial charge on any atom is 0.271 e. The minimum absolute atomic E-state index is 0.221. The quantitative estimate of drug-likeness (QED) is 0.455. The number of benzene rings is 3. The van der Waals surface area contributed by atoms with Gasteiger partial charge >= 0.3 is 0 Å². The molecule has 1 heterocycles. The second-order valence-corrected chi connectivity index (χ2v) is 8.67. The molecule has 34 heavy (non-hydrogen) atoms. The van der Waals surface area contributed by atoms with E-state index in [1.165, 1.54) is 16.7 Å². The van der Waals surface area contributed by atoms with Crippen LogP contribution < -0.4 is 5.43 Å². The van der Waals surface area contributed by atoms with Gasteiger partial charge in [-0.05, 0) is 73.2 Å². The van der Waals surface area contributed by atoms with Crippen molar-refractivity contribution in [1.29, 1.82) is 0 Å². The topological polar surface area (TPSA) is 85.1 Å². The maximum atomic E-state index is 12.7. The molecule has 0 saturated heterocycles. The molecule has 0 aliphatic heterocycles. The van der Waals surface area contributed by atoms with Gasteiger partial charge in [0.1, 0.15) is 0 Å². The van der Waals surface area contributed by atoms with Crippen LogP contribution in [0.2, 0.25) is 0 Å². The Morgan fingerprint density at radius 3 is 2.62 bits per heavy atom. The van der Waals surface area contributed by atoms with Crippen LogP contribution in [0.25, 0.3) is 11.4 Å². The van der Waals surface area contributed by atoms with Crippen molar-refractivity contribution in [2.24, 2.45) is 5.10 Å². The Bertz CT molecular complexity index is 1360. The molecule has 1 amide bonds. The summed E-state index contributed by atoms with van der Waals surface area (Å²) in [5.41, 5.74) is 11.2. The number of hydrazone groups is 1. The summed E-state index contributed by atoms with van der Waals surface area (Å²) < 4.78 is 0. The lowest BCUT2D eigenvalue weighted by molar-refractivity contribution is 0.0954. The number of nitrogens with one attached hydrogen (secondary N) is 1. The molecule has 3 aromatic carbocycles. The van der Waals surface area contributed by atoms with E-state index in [0.29, 0.717) is 17.9 Å². The van der Waals surface area contributed by atoms with Crippen LogP contribution in [0.5, 0.6) is 0 Å². The van der Waals surface area contributed by atoms with Crippen LogP contribution in [0.3, 0.4) is 0 Å². The van der Waals surface area contributed by atoms with E-state index in [-0.39, 0.29) is 5.91 Å². The Morgan fingerprint density at radius 2 is 1.82 bits per heavy atom. The second-order valence-electron chi connectivity index (χ2n) is 8.67. The zero-order valence-corrected chi connectivity index (χ0v) is 19.3. The Morgan fingerprint density at radius 1 is 1.03 bits per heavy atom. The number of tetrazole rings is 1. The summed E-state index contributed by atoms with van der Waals surface area (Å²) >= 11 is 0. The number of carbonyl (C=O) groups excluding carboxylic acids is 1. The number of rotatable bonds is 5. The normalized spacial score (nSPS) is 14.1. The van der Waals surface area contributed by atoms with Gasteiger partial charge in [-0.1, -0.05) is 54.1 Å². The Kier molecular flexibility index (Phi) is 5.99. The summed E-state index contributed by atoms with van der Waals surface area (Å²) in [5.74, 6) is 0.367. The van der Waals surface area contributed by atoms with E-state index < -0.39 is 0 Å². The van der Waals surface area contributed by atoms with Crippen LogP contribution in [-0.4, -0.2) is 31.8 Å². The predicted molar refractivity (Wildman–Crippen MR) is 132 cm³/mol. The van der Waals surface area contributed by atoms with Gasteiger partial charge in [0.15, 0.2) is 0 Å². The molecule has 0 bridgehead atoms. The van der Waals surface area contributed by atoms with Crippen molar-refractivity contribution in [1.82, 2.24) is 25.6 Å². The fourth-order valence-electron chi connectivity index (χ4n) is 4.39. The summed E-state index contributed by atoms with van der Waals surface area (Å²) in [6.07, 6.45) is 2.97. The third-order valence-electron chi connectivity index (χ3n) is 6.09. The minimum atomic E-state index is -0.221. The highest BCUT2D eigenvalue weighted by Gasteiger charge is 2.18. The summed E-state index contributed by atoms with van der Waals surface area (Å²) in [7, 11) is 0. The van der Waals surface area contributed by atoms with E-state index >= 15 is 0 Å². The second kappa shape index (κ2) is 9.39. The molecule has 0 fully saturated rings. The smallest absolute Gasteiger partial charge is 0.267 e. The highest BCUT2D eigenvalue weighted by molar-refractivity contribution is 6.04. The van der Waals surface area contributed by atoms with Crippen LogP contribution >= 0.6 is 0 Å². The van der Waals surface area contributed by atoms with Gasteiger partial charge in [-0.3, -0.25) is 4.79 Å². The van der Waals surface area contributed by atoms with Crippen LogP contribution in [-0.2, 0) is 13.0 Å². The number of aromatic nitrogens is 4. The standard InChI is InChI=1S/C27H26N6O/c1-18-15-19(2)23-9-6-10-25(24(23)16-18)28-30-27(34)22-13-11-20(12-14-22)17-33-31-26(29-32-33)21-7-4-3-5-8-21/h3-5,7-8,11-16H,6,9-10,17H2,1-2H3,(H,30,34).